The number of terminal acetylenes is 1. The smallest absolute Gasteiger partial charge is 0.323 e. The van der Waals surface area contributed by atoms with Gasteiger partial charge in [-0.1, -0.05) is 12.8 Å². The zero-order valence-corrected chi connectivity index (χ0v) is 10.2. The molecule has 1 heterocycles. The Kier molecular flexibility index (Phi) is 4.38. The lowest BCUT2D eigenvalue weighted by atomic mass is 10.1. The quantitative estimate of drug-likeness (QED) is 0.742. The molecule has 0 aromatic heterocycles. The lowest BCUT2D eigenvalue weighted by molar-refractivity contribution is -0.137. The summed E-state index contributed by atoms with van der Waals surface area (Å²) in [7, 11) is 0. The molecule has 1 saturated heterocycles. The van der Waals surface area contributed by atoms with Gasteiger partial charge in [0.25, 0.3) is 0 Å². The molecule has 1 aliphatic heterocycles. The first-order chi connectivity index (χ1) is 7.95. The Morgan fingerprint density at radius 1 is 1.53 bits per heavy atom. The summed E-state index contributed by atoms with van der Waals surface area (Å²) in [6, 6.07) is -0.131. The maximum atomic E-state index is 12.1. The SMILES string of the molecule is C#CCN(CC(=O)O)C(=O)N1CC(C)CC1C. The highest BCUT2D eigenvalue weighted by Crippen LogP contribution is 2.23. The van der Waals surface area contributed by atoms with Gasteiger partial charge in [0, 0.05) is 12.6 Å². The highest BCUT2D eigenvalue weighted by atomic mass is 16.4. The molecule has 1 fully saturated rings. The third-order valence-electron chi connectivity index (χ3n) is 2.91. The van der Waals surface area contributed by atoms with Gasteiger partial charge in [-0.3, -0.25) is 4.79 Å². The summed E-state index contributed by atoms with van der Waals surface area (Å²) in [5.41, 5.74) is 0. The molecule has 0 aromatic carbocycles. The van der Waals surface area contributed by atoms with Gasteiger partial charge in [-0.05, 0) is 19.3 Å². The standard InChI is InChI=1S/C12H18N2O3/c1-4-5-13(8-11(15)16)12(17)14-7-9(2)6-10(14)3/h1,9-10H,5-8H2,2-3H3,(H,15,16). The van der Waals surface area contributed by atoms with E-state index in [1.54, 1.807) is 4.90 Å². The van der Waals surface area contributed by atoms with E-state index in [1.165, 1.54) is 4.90 Å². The van der Waals surface area contributed by atoms with E-state index in [4.69, 9.17) is 11.5 Å². The van der Waals surface area contributed by atoms with Crippen molar-refractivity contribution in [3.05, 3.63) is 0 Å². The number of likely N-dealkylation sites (tertiary alicyclic amines) is 1. The molecule has 1 rings (SSSR count). The largest absolute Gasteiger partial charge is 0.480 e. The maximum absolute atomic E-state index is 12.1. The normalized spacial score (nSPS) is 23.2. The molecular formula is C12H18N2O3. The van der Waals surface area contributed by atoms with E-state index in [0.29, 0.717) is 12.5 Å². The van der Waals surface area contributed by atoms with Crippen LogP contribution in [-0.2, 0) is 4.79 Å². The lowest BCUT2D eigenvalue weighted by Crippen LogP contribution is -2.46. The lowest BCUT2D eigenvalue weighted by Gasteiger charge is -2.28. The summed E-state index contributed by atoms with van der Waals surface area (Å²) < 4.78 is 0. The van der Waals surface area contributed by atoms with E-state index in [9.17, 15) is 9.59 Å². The molecule has 0 bridgehead atoms. The fourth-order valence-corrected chi connectivity index (χ4v) is 2.21. The van der Waals surface area contributed by atoms with Crippen molar-refractivity contribution in [3.63, 3.8) is 0 Å². The fraction of sp³-hybridized carbons (Fsp3) is 0.667. The number of aliphatic carboxylic acids is 1. The zero-order valence-electron chi connectivity index (χ0n) is 10.2. The molecular weight excluding hydrogens is 220 g/mol. The Balaban J connectivity index is 2.71. The van der Waals surface area contributed by atoms with Gasteiger partial charge in [0.05, 0.1) is 6.54 Å². The first kappa shape index (κ1) is 13.4. The molecule has 5 heteroatoms. The van der Waals surface area contributed by atoms with E-state index in [0.717, 1.165) is 6.42 Å². The van der Waals surface area contributed by atoms with Crippen molar-refractivity contribution >= 4 is 12.0 Å². The summed E-state index contributed by atoms with van der Waals surface area (Å²) in [4.78, 5) is 25.7. The van der Waals surface area contributed by atoms with Crippen LogP contribution < -0.4 is 0 Å². The number of urea groups is 1. The Hall–Kier alpha value is -1.70. The van der Waals surface area contributed by atoms with Crippen LogP contribution in [0.4, 0.5) is 4.79 Å². The molecule has 94 valence electrons. The van der Waals surface area contributed by atoms with Crippen LogP contribution in [0.3, 0.4) is 0 Å². The molecule has 0 aliphatic carbocycles. The van der Waals surface area contributed by atoms with Crippen LogP contribution in [0.1, 0.15) is 20.3 Å². The third-order valence-corrected chi connectivity index (χ3v) is 2.91. The first-order valence-corrected chi connectivity index (χ1v) is 5.66. The first-order valence-electron chi connectivity index (χ1n) is 5.66. The number of hydrogen-bond acceptors (Lipinski definition) is 2. The minimum Gasteiger partial charge on any atom is -0.480 e. The number of carbonyl (C=O) groups excluding carboxylic acids is 1. The second kappa shape index (κ2) is 5.58. The highest BCUT2D eigenvalue weighted by molar-refractivity contribution is 5.80. The van der Waals surface area contributed by atoms with Gasteiger partial charge in [-0.2, -0.15) is 0 Å². The average Bonchev–Trinajstić information content (AvgIpc) is 2.55. The Labute approximate surface area is 101 Å². The second-order valence-electron chi connectivity index (χ2n) is 4.58. The molecule has 1 aliphatic rings. The number of carboxylic acids is 1. The summed E-state index contributed by atoms with van der Waals surface area (Å²) >= 11 is 0. The predicted molar refractivity (Wildman–Crippen MR) is 63.4 cm³/mol. The molecule has 5 nitrogen and oxygen atoms in total. The van der Waals surface area contributed by atoms with Crippen LogP contribution in [0, 0.1) is 18.3 Å². The molecule has 2 amide bonds. The Morgan fingerprint density at radius 3 is 2.59 bits per heavy atom. The highest BCUT2D eigenvalue weighted by Gasteiger charge is 2.32. The zero-order chi connectivity index (χ0) is 13.0. The van der Waals surface area contributed by atoms with Gasteiger partial charge >= 0.3 is 12.0 Å². The van der Waals surface area contributed by atoms with E-state index in [-0.39, 0.29) is 25.2 Å². The van der Waals surface area contributed by atoms with Gasteiger partial charge < -0.3 is 14.9 Å². The fourth-order valence-electron chi connectivity index (χ4n) is 2.21. The van der Waals surface area contributed by atoms with Crippen LogP contribution >= 0.6 is 0 Å². The van der Waals surface area contributed by atoms with E-state index in [1.807, 2.05) is 6.92 Å². The van der Waals surface area contributed by atoms with Gasteiger partial charge in [0.2, 0.25) is 0 Å². The van der Waals surface area contributed by atoms with Gasteiger partial charge in [-0.15, -0.1) is 6.42 Å². The number of nitrogens with zero attached hydrogens (tertiary/aromatic N) is 2. The van der Waals surface area contributed by atoms with Crippen LogP contribution in [-0.4, -0.2) is 52.6 Å². The number of rotatable bonds is 3. The van der Waals surface area contributed by atoms with Crippen LogP contribution in [0.2, 0.25) is 0 Å². The third kappa shape index (κ3) is 3.38. The van der Waals surface area contributed by atoms with Crippen molar-refractivity contribution in [1.29, 1.82) is 0 Å². The Morgan fingerprint density at radius 2 is 2.18 bits per heavy atom. The van der Waals surface area contributed by atoms with E-state index >= 15 is 0 Å². The van der Waals surface area contributed by atoms with E-state index in [2.05, 4.69) is 12.8 Å². The number of hydrogen-bond donors (Lipinski definition) is 1. The van der Waals surface area contributed by atoms with Crippen molar-refractivity contribution < 1.29 is 14.7 Å². The summed E-state index contributed by atoms with van der Waals surface area (Å²) in [5, 5.41) is 8.74. The maximum Gasteiger partial charge on any atom is 0.323 e. The van der Waals surface area contributed by atoms with Crippen LogP contribution in [0.15, 0.2) is 0 Å². The molecule has 0 saturated carbocycles. The molecule has 2 unspecified atom stereocenters. The van der Waals surface area contributed by atoms with Gasteiger partial charge in [0.1, 0.15) is 6.54 Å². The molecule has 1 N–H and O–H groups in total. The van der Waals surface area contributed by atoms with Crippen molar-refractivity contribution in [3.8, 4) is 12.3 Å². The van der Waals surface area contributed by atoms with Gasteiger partial charge in [0.15, 0.2) is 0 Å². The van der Waals surface area contributed by atoms with Crippen molar-refractivity contribution in [1.82, 2.24) is 9.80 Å². The van der Waals surface area contributed by atoms with E-state index < -0.39 is 5.97 Å². The summed E-state index contributed by atoms with van der Waals surface area (Å²) in [6.07, 6.45) is 6.10. The molecule has 2 atom stereocenters. The second-order valence-corrected chi connectivity index (χ2v) is 4.58. The molecule has 0 spiro atoms. The Bertz CT molecular complexity index is 348. The number of carbonyl (C=O) groups is 2. The summed E-state index contributed by atoms with van der Waals surface area (Å²) in [6.45, 7) is 4.40. The summed E-state index contributed by atoms with van der Waals surface area (Å²) in [5.74, 6) is 1.72. The van der Waals surface area contributed by atoms with Gasteiger partial charge in [-0.25, -0.2) is 4.79 Å². The van der Waals surface area contributed by atoms with Crippen molar-refractivity contribution in [2.45, 2.75) is 26.3 Å². The molecule has 0 radical (unpaired) electrons. The number of carboxylic acid groups (broad SMARTS) is 1. The number of amides is 2. The van der Waals surface area contributed by atoms with Crippen LogP contribution in [0.5, 0.6) is 0 Å². The topological polar surface area (TPSA) is 60.9 Å². The van der Waals surface area contributed by atoms with Crippen LogP contribution in [0.25, 0.3) is 0 Å². The average molecular weight is 238 g/mol. The predicted octanol–water partition coefficient (Wildman–Crippen LogP) is 0.857. The minimum atomic E-state index is -1.05. The molecule has 0 aromatic rings. The van der Waals surface area contributed by atoms with Crippen molar-refractivity contribution in [2.24, 2.45) is 5.92 Å². The monoisotopic (exact) mass is 238 g/mol. The molecule has 17 heavy (non-hydrogen) atoms. The minimum absolute atomic E-state index is 0.0305. The van der Waals surface area contributed by atoms with Crippen molar-refractivity contribution in [2.75, 3.05) is 19.6 Å².